The highest BCUT2D eigenvalue weighted by atomic mass is 16.5. The van der Waals surface area contributed by atoms with Gasteiger partial charge in [-0.2, -0.15) is 0 Å². The summed E-state index contributed by atoms with van der Waals surface area (Å²) in [5.41, 5.74) is 3.23. The maximum absolute atomic E-state index is 9.76. The van der Waals surface area contributed by atoms with Gasteiger partial charge in [0.05, 0.1) is 12.7 Å². The molecule has 0 radical (unpaired) electrons. The first-order valence-electron chi connectivity index (χ1n) is 5.24. The molecule has 1 aromatic rings. The summed E-state index contributed by atoms with van der Waals surface area (Å²) in [6.45, 7) is 6.70. The molecule has 0 aromatic heterocycles. The van der Waals surface area contributed by atoms with Crippen LogP contribution in [-0.2, 0) is 4.74 Å². The van der Waals surface area contributed by atoms with Crippen LogP contribution in [0.15, 0.2) is 30.4 Å². The number of phenols is 1. The summed E-state index contributed by atoms with van der Waals surface area (Å²) in [5.74, 6) is 0.320. The second-order valence-corrected chi connectivity index (χ2v) is 4.13. The van der Waals surface area contributed by atoms with Crippen LogP contribution in [0.1, 0.15) is 30.1 Å². The molecule has 1 N–H and O–H groups in total. The van der Waals surface area contributed by atoms with Crippen LogP contribution in [0.25, 0.3) is 0 Å². The zero-order valence-corrected chi connectivity index (χ0v) is 8.99. The highest BCUT2D eigenvalue weighted by molar-refractivity contribution is 5.38. The number of aromatic hydroxyl groups is 1. The van der Waals surface area contributed by atoms with Crippen LogP contribution in [0.5, 0.6) is 5.75 Å². The summed E-state index contributed by atoms with van der Waals surface area (Å²) in [4.78, 5) is 0. The van der Waals surface area contributed by atoms with Crippen molar-refractivity contribution >= 4 is 0 Å². The largest absolute Gasteiger partial charge is 0.508 e. The quantitative estimate of drug-likeness (QED) is 0.712. The van der Waals surface area contributed by atoms with E-state index < -0.39 is 0 Å². The van der Waals surface area contributed by atoms with E-state index in [0.717, 1.165) is 24.0 Å². The lowest BCUT2D eigenvalue weighted by Gasteiger charge is -2.25. The summed E-state index contributed by atoms with van der Waals surface area (Å²) in [6.07, 6.45) is 1.73. The number of phenolic OH excluding ortho intramolecular Hbond substituents is 1. The molecular formula is C13H16O2. The summed E-state index contributed by atoms with van der Waals surface area (Å²) in [7, 11) is 0. The van der Waals surface area contributed by atoms with E-state index in [1.165, 1.54) is 5.57 Å². The van der Waals surface area contributed by atoms with Crippen molar-refractivity contribution in [1.29, 1.82) is 0 Å². The Morgan fingerprint density at radius 2 is 2.27 bits per heavy atom. The molecule has 1 aliphatic rings. The van der Waals surface area contributed by atoms with Gasteiger partial charge in [0.1, 0.15) is 5.75 Å². The van der Waals surface area contributed by atoms with Gasteiger partial charge in [0.15, 0.2) is 0 Å². The molecule has 2 heteroatoms. The fourth-order valence-corrected chi connectivity index (χ4v) is 1.90. The van der Waals surface area contributed by atoms with Gasteiger partial charge in [-0.05, 0) is 31.9 Å². The van der Waals surface area contributed by atoms with E-state index >= 15 is 0 Å². The van der Waals surface area contributed by atoms with Gasteiger partial charge in [0.25, 0.3) is 0 Å². The molecule has 0 saturated carbocycles. The third-order valence-corrected chi connectivity index (χ3v) is 2.78. The van der Waals surface area contributed by atoms with E-state index in [4.69, 9.17) is 4.74 Å². The lowest BCUT2D eigenvalue weighted by Crippen LogP contribution is -2.13. The summed E-state index contributed by atoms with van der Waals surface area (Å²) in [6, 6.07) is 5.61. The third kappa shape index (κ3) is 2.21. The zero-order chi connectivity index (χ0) is 10.8. The van der Waals surface area contributed by atoms with E-state index in [9.17, 15) is 5.11 Å². The van der Waals surface area contributed by atoms with E-state index in [1.54, 1.807) is 6.07 Å². The molecule has 1 atom stereocenters. The highest BCUT2D eigenvalue weighted by Crippen LogP contribution is 2.35. The van der Waals surface area contributed by atoms with Crippen molar-refractivity contribution < 1.29 is 9.84 Å². The van der Waals surface area contributed by atoms with Crippen LogP contribution in [0.4, 0.5) is 0 Å². The first-order chi connectivity index (χ1) is 7.16. The molecular weight excluding hydrogens is 188 g/mol. The van der Waals surface area contributed by atoms with Gasteiger partial charge in [0.2, 0.25) is 0 Å². The monoisotopic (exact) mass is 204 g/mol. The Bertz CT molecular complexity index is 382. The Morgan fingerprint density at radius 3 is 3.00 bits per heavy atom. The minimum absolute atomic E-state index is 0.0221. The lowest BCUT2D eigenvalue weighted by atomic mass is 9.96. The van der Waals surface area contributed by atoms with Crippen LogP contribution in [0.2, 0.25) is 0 Å². The van der Waals surface area contributed by atoms with Crippen LogP contribution in [-0.4, -0.2) is 11.7 Å². The number of ether oxygens (including phenoxy) is 1. The summed E-state index contributed by atoms with van der Waals surface area (Å²) >= 11 is 0. The number of rotatable bonds is 1. The molecule has 0 aliphatic carbocycles. The molecule has 1 heterocycles. The molecule has 15 heavy (non-hydrogen) atoms. The Labute approximate surface area is 90.2 Å². The fourth-order valence-electron chi connectivity index (χ4n) is 1.90. The van der Waals surface area contributed by atoms with E-state index in [1.807, 2.05) is 19.1 Å². The molecule has 2 nitrogen and oxygen atoms in total. The zero-order valence-electron chi connectivity index (χ0n) is 8.99. The minimum Gasteiger partial charge on any atom is -0.508 e. The van der Waals surface area contributed by atoms with Crippen LogP contribution < -0.4 is 0 Å². The summed E-state index contributed by atoms with van der Waals surface area (Å²) < 4.78 is 5.65. The standard InChI is InChI=1S/C13H16O2/c1-9-3-4-12(14)11(7-9)13-8-10(2)5-6-15-13/h3-4,7,13-14H,2,5-6,8H2,1H3. The third-order valence-electron chi connectivity index (χ3n) is 2.78. The minimum atomic E-state index is -0.0221. The lowest BCUT2D eigenvalue weighted by molar-refractivity contribution is 0.0337. The van der Waals surface area contributed by atoms with Crippen molar-refractivity contribution in [2.75, 3.05) is 6.61 Å². The first-order valence-corrected chi connectivity index (χ1v) is 5.24. The molecule has 0 amide bonds. The van der Waals surface area contributed by atoms with E-state index in [0.29, 0.717) is 12.4 Å². The number of hydrogen-bond donors (Lipinski definition) is 1. The number of hydrogen-bond acceptors (Lipinski definition) is 2. The molecule has 0 bridgehead atoms. The second kappa shape index (κ2) is 4.07. The summed E-state index contributed by atoms with van der Waals surface area (Å²) in [5, 5.41) is 9.76. The molecule has 2 rings (SSSR count). The van der Waals surface area contributed by atoms with Crippen LogP contribution in [0, 0.1) is 6.92 Å². The van der Waals surface area contributed by atoms with Crippen molar-refractivity contribution in [3.63, 3.8) is 0 Å². The smallest absolute Gasteiger partial charge is 0.121 e. The van der Waals surface area contributed by atoms with E-state index in [-0.39, 0.29) is 6.10 Å². The van der Waals surface area contributed by atoms with Gasteiger partial charge >= 0.3 is 0 Å². The average Bonchev–Trinajstić information content (AvgIpc) is 2.22. The Morgan fingerprint density at radius 1 is 1.47 bits per heavy atom. The van der Waals surface area contributed by atoms with Crippen LogP contribution >= 0.6 is 0 Å². The first kappa shape index (κ1) is 10.2. The molecule has 80 valence electrons. The average molecular weight is 204 g/mol. The Hall–Kier alpha value is -1.28. The maximum atomic E-state index is 9.76. The Balaban J connectivity index is 2.27. The molecule has 1 unspecified atom stereocenters. The van der Waals surface area contributed by atoms with Crippen molar-refractivity contribution in [2.45, 2.75) is 25.9 Å². The normalized spacial score (nSPS) is 21.7. The fraction of sp³-hybridized carbons (Fsp3) is 0.385. The van der Waals surface area contributed by atoms with Crippen molar-refractivity contribution in [3.05, 3.63) is 41.5 Å². The van der Waals surface area contributed by atoms with Gasteiger partial charge in [-0.15, -0.1) is 0 Å². The second-order valence-electron chi connectivity index (χ2n) is 4.13. The topological polar surface area (TPSA) is 29.5 Å². The predicted octanol–water partition coefficient (Wildman–Crippen LogP) is 3.11. The highest BCUT2D eigenvalue weighted by Gasteiger charge is 2.20. The van der Waals surface area contributed by atoms with Crippen molar-refractivity contribution in [1.82, 2.24) is 0 Å². The maximum Gasteiger partial charge on any atom is 0.121 e. The van der Waals surface area contributed by atoms with Gasteiger partial charge < -0.3 is 9.84 Å². The van der Waals surface area contributed by atoms with Gasteiger partial charge in [0, 0.05) is 5.56 Å². The van der Waals surface area contributed by atoms with Crippen molar-refractivity contribution in [3.8, 4) is 5.75 Å². The van der Waals surface area contributed by atoms with Crippen LogP contribution in [0.3, 0.4) is 0 Å². The van der Waals surface area contributed by atoms with Gasteiger partial charge in [-0.25, -0.2) is 0 Å². The Kier molecular flexibility index (Phi) is 2.78. The van der Waals surface area contributed by atoms with E-state index in [2.05, 4.69) is 6.58 Å². The molecule has 1 aromatic carbocycles. The van der Waals surface area contributed by atoms with Crippen molar-refractivity contribution in [2.24, 2.45) is 0 Å². The predicted molar refractivity (Wildman–Crippen MR) is 59.9 cm³/mol. The molecule has 1 saturated heterocycles. The molecule has 0 spiro atoms. The molecule has 1 aliphatic heterocycles. The number of aryl methyl sites for hydroxylation is 1. The van der Waals surface area contributed by atoms with Gasteiger partial charge in [-0.3, -0.25) is 0 Å². The molecule has 1 fully saturated rings. The van der Waals surface area contributed by atoms with Gasteiger partial charge in [-0.1, -0.05) is 23.8 Å². The SMILES string of the molecule is C=C1CCOC(c2cc(C)ccc2O)C1. The number of benzene rings is 1.